The van der Waals surface area contributed by atoms with Crippen molar-refractivity contribution in [2.45, 2.75) is 11.8 Å². The second-order valence-corrected chi connectivity index (χ2v) is 7.92. The maximum atomic E-state index is 12.7. The third kappa shape index (κ3) is 5.29. The van der Waals surface area contributed by atoms with Gasteiger partial charge in [0.05, 0.1) is 4.90 Å². The molecule has 10 heteroatoms. The first-order chi connectivity index (χ1) is 12.7. The molecule has 1 aliphatic heterocycles. The maximum absolute atomic E-state index is 12.7. The Hall–Kier alpha value is -2.90. The lowest BCUT2D eigenvalue weighted by molar-refractivity contribution is -0.137. The van der Waals surface area contributed by atoms with Crippen LogP contribution in [0.5, 0.6) is 0 Å². The van der Waals surface area contributed by atoms with Gasteiger partial charge in [-0.25, -0.2) is 8.42 Å². The second-order valence-electron chi connectivity index (χ2n) is 5.98. The highest BCUT2D eigenvalue weighted by Crippen LogP contribution is 2.18. The van der Waals surface area contributed by atoms with Crippen LogP contribution in [0.2, 0.25) is 0 Å². The Balaban J connectivity index is 2.01. The third-order valence-electron chi connectivity index (χ3n) is 4.01. The van der Waals surface area contributed by atoms with E-state index in [0.29, 0.717) is 13.1 Å². The molecule has 0 unspecified atom stereocenters. The quantitative estimate of drug-likeness (QED) is 0.511. The molecule has 0 radical (unpaired) electrons. The van der Waals surface area contributed by atoms with E-state index in [9.17, 15) is 18.0 Å². The number of sulfonamides is 1. The van der Waals surface area contributed by atoms with Crippen LogP contribution < -0.4 is 5.32 Å². The number of nitrogens with one attached hydrogen (secondary N) is 1. The summed E-state index contributed by atoms with van der Waals surface area (Å²) < 4.78 is 26.7. The first-order valence-electron chi connectivity index (χ1n) is 8.17. The minimum absolute atomic E-state index is 0.210. The molecule has 1 aromatic rings. The van der Waals surface area contributed by atoms with Crippen molar-refractivity contribution in [3.8, 4) is 6.07 Å². The van der Waals surface area contributed by atoms with Gasteiger partial charge < -0.3 is 15.3 Å². The number of aliphatic carboxylic acids is 1. The lowest BCUT2D eigenvalue weighted by Gasteiger charge is -2.33. The molecule has 0 spiro atoms. The molecule has 144 valence electrons. The number of piperazine rings is 1. The number of aryl methyl sites for hydroxylation is 1. The number of nitrogens with zero attached hydrogens (tertiary/aromatic N) is 3. The van der Waals surface area contributed by atoms with Crippen molar-refractivity contribution >= 4 is 21.9 Å². The number of rotatable bonds is 6. The van der Waals surface area contributed by atoms with Crippen molar-refractivity contribution < 1.29 is 23.1 Å². The summed E-state index contributed by atoms with van der Waals surface area (Å²) in [6.07, 6.45) is 1.33. The fraction of sp³-hybridized carbons (Fsp3) is 0.353. The van der Waals surface area contributed by atoms with Crippen molar-refractivity contribution in [2.24, 2.45) is 0 Å². The van der Waals surface area contributed by atoms with Crippen LogP contribution in [0.15, 0.2) is 40.9 Å². The number of carbonyl (C=O) groups excluding carboxylic acids is 1. The van der Waals surface area contributed by atoms with Crippen molar-refractivity contribution in [1.82, 2.24) is 14.5 Å². The summed E-state index contributed by atoms with van der Waals surface area (Å²) in [6, 6.07) is 8.34. The molecule has 1 aromatic carbocycles. The Morgan fingerprint density at radius 1 is 1.22 bits per heavy atom. The molecule has 2 rings (SSSR count). The van der Waals surface area contributed by atoms with Gasteiger partial charge in [0, 0.05) is 32.4 Å². The molecule has 27 heavy (non-hydrogen) atoms. The minimum Gasteiger partial charge on any atom is -0.480 e. The standard InChI is InChI=1S/C17H20N4O5S/c1-13-2-4-15(5-3-13)27(25,26)21-8-6-20(7-9-21)12-14(10-18)17(24)19-11-16(22)23/h2-5,12H,6-9,11H2,1H3,(H,19,24)(H,22,23)/b14-12-. The Morgan fingerprint density at radius 3 is 2.33 bits per heavy atom. The Bertz CT molecular complexity index is 879. The summed E-state index contributed by atoms with van der Waals surface area (Å²) in [7, 11) is -3.59. The van der Waals surface area contributed by atoms with Gasteiger partial charge in [0.1, 0.15) is 18.2 Å². The Kier molecular flexibility index (Phi) is 6.55. The van der Waals surface area contributed by atoms with Gasteiger partial charge in [-0.15, -0.1) is 0 Å². The highest BCUT2D eigenvalue weighted by Gasteiger charge is 2.28. The van der Waals surface area contributed by atoms with E-state index < -0.39 is 28.4 Å². The maximum Gasteiger partial charge on any atom is 0.322 e. The summed E-state index contributed by atoms with van der Waals surface area (Å²) in [6.45, 7) is 2.33. The SMILES string of the molecule is Cc1ccc(S(=O)(=O)N2CCN(/C=C(/C#N)C(=O)NCC(=O)O)CC2)cc1. The van der Waals surface area contributed by atoms with Crippen LogP contribution in [0, 0.1) is 18.3 Å². The van der Waals surface area contributed by atoms with Crippen LogP contribution >= 0.6 is 0 Å². The van der Waals surface area contributed by atoms with Gasteiger partial charge in [0.15, 0.2) is 0 Å². The van der Waals surface area contributed by atoms with E-state index in [1.54, 1.807) is 35.2 Å². The molecule has 0 aromatic heterocycles. The van der Waals surface area contributed by atoms with E-state index in [-0.39, 0.29) is 23.6 Å². The largest absolute Gasteiger partial charge is 0.480 e. The van der Waals surface area contributed by atoms with E-state index in [2.05, 4.69) is 5.32 Å². The first kappa shape index (κ1) is 20.4. The smallest absolute Gasteiger partial charge is 0.322 e. The van der Waals surface area contributed by atoms with Gasteiger partial charge in [-0.1, -0.05) is 17.7 Å². The van der Waals surface area contributed by atoms with Crippen LogP contribution in [0.4, 0.5) is 0 Å². The summed E-state index contributed by atoms with van der Waals surface area (Å²) in [5.41, 5.74) is 0.736. The lowest BCUT2D eigenvalue weighted by Crippen LogP contribution is -2.47. The third-order valence-corrected chi connectivity index (χ3v) is 5.92. The molecule has 1 saturated heterocycles. The first-order valence-corrected chi connectivity index (χ1v) is 9.61. The average molecular weight is 392 g/mol. The number of carbonyl (C=O) groups is 2. The fourth-order valence-corrected chi connectivity index (χ4v) is 3.93. The molecule has 1 aliphatic rings. The van der Waals surface area contributed by atoms with Crippen molar-refractivity contribution in [1.29, 1.82) is 5.26 Å². The van der Waals surface area contributed by atoms with E-state index in [0.717, 1.165) is 5.56 Å². The molecule has 0 aliphatic carbocycles. The monoisotopic (exact) mass is 392 g/mol. The summed E-state index contributed by atoms with van der Waals surface area (Å²) in [5, 5.41) is 19.8. The normalized spacial score (nSPS) is 15.9. The molecular formula is C17H20N4O5S. The molecular weight excluding hydrogens is 372 g/mol. The number of hydrogen-bond acceptors (Lipinski definition) is 6. The molecule has 1 heterocycles. The predicted octanol–water partition coefficient (Wildman–Crippen LogP) is -0.0904. The highest BCUT2D eigenvalue weighted by atomic mass is 32.2. The molecule has 1 fully saturated rings. The zero-order valence-electron chi connectivity index (χ0n) is 14.8. The van der Waals surface area contributed by atoms with Gasteiger partial charge in [0.2, 0.25) is 10.0 Å². The average Bonchev–Trinajstić information content (AvgIpc) is 2.65. The summed E-state index contributed by atoms with van der Waals surface area (Å²) in [4.78, 5) is 24.2. The number of nitriles is 1. The van der Waals surface area contributed by atoms with Crippen LogP contribution in [-0.2, 0) is 19.6 Å². The summed E-state index contributed by atoms with van der Waals surface area (Å²) in [5.74, 6) is -2.00. The number of carboxylic acids is 1. The Morgan fingerprint density at radius 2 is 1.81 bits per heavy atom. The molecule has 0 bridgehead atoms. The van der Waals surface area contributed by atoms with E-state index in [1.165, 1.54) is 10.5 Å². The number of hydrogen-bond donors (Lipinski definition) is 2. The Labute approximate surface area is 157 Å². The number of amides is 1. The van der Waals surface area contributed by atoms with E-state index in [4.69, 9.17) is 10.4 Å². The van der Waals surface area contributed by atoms with Gasteiger partial charge >= 0.3 is 5.97 Å². The molecule has 0 saturated carbocycles. The van der Waals surface area contributed by atoms with Crippen LogP contribution in [0.25, 0.3) is 0 Å². The topological polar surface area (TPSA) is 131 Å². The highest BCUT2D eigenvalue weighted by molar-refractivity contribution is 7.89. The fourth-order valence-electron chi connectivity index (χ4n) is 2.50. The van der Waals surface area contributed by atoms with Crippen LogP contribution in [0.3, 0.4) is 0 Å². The van der Waals surface area contributed by atoms with Crippen LogP contribution in [-0.4, -0.2) is 67.3 Å². The molecule has 2 N–H and O–H groups in total. The second kappa shape index (κ2) is 8.66. The van der Waals surface area contributed by atoms with Crippen molar-refractivity contribution in [3.05, 3.63) is 41.6 Å². The van der Waals surface area contributed by atoms with E-state index in [1.807, 2.05) is 6.92 Å². The van der Waals surface area contributed by atoms with Crippen molar-refractivity contribution in [3.63, 3.8) is 0 Å². The number of benzene rings is 1. The minimum atomic E-state index is -3.59. The molecule has 9 nitrogen and oxygen atoms in total. The van der Waals surface area contributed by atoms with Gasteiger partial charge in [-0.3, -0.25) is 9.59 Å². The zero-order valence-corrected chi connectivity index (χ0v) is 15.6. The summed E-state index contributed by atoms with van der Waals surface area (Å²) >= 11 is 0. The predicted molar refractivity (Wildman–Crippen MR) is 95.9 cm³/mol. The zero-order chi connectivity index (χ0) is 20.0. The van der Waals surface area contributed by atoms with E-state index >= 15 is 0 Å². The van der Waals surface area contributed by atoms with Gasteiger partial charge in [-0.05, 0) is 19.1 Å². The number of carboxylic acid groups (broad SMARTS) is 1. The van der Waals surface area contributed by atoms with Gasteiger partial charge in [0.25, 0.3) is 5.91 Å². The lowest BCUT2D eigenvalue weighted by atomic mass is 10.2. The molecule has 0 atom stereocenters. The van der Waals surface area contributed by atoms with Crippen molar-refractivity contribution in [2.75, 3.05) is 32.7 Å². The van der Waals surface area contributed by atoms with Crippen LogP contribution in [0.1, 0.15) is 5.56 Å². The van der Waals surface area contributed by atoms with Gasteiger partial charge in [-0.2, -0.15) is 9.57 Å². The molecule has 1 amide bonds.